The summed E-state index contributed by atoms with van der Waals surface area (Å²) in [6.07, 6.45) is 0. The fraction of sp³-hybridized carbons (Fsp3) is 0.429. The molecule has 0 N–H and O–H groups in total. The Kier molecular flexibility index (Phi) is 7.28. The highest BCUT2D eigenvalue weighted by molar-refractivity contribution is 6.02. The quantitative estimate of drug-likeness (QED) is 0.371. The number of hydrogen-bond donors (Lipinski definition) is 0. The van der Waals surface area contributed by atoms with Gasteiger partial charge in [-0.3, -0.25) is 14.9 Å². The van der Waals surface area contributed by atoms with Crippen molar-refractivity contribution in [1.82, 2.24) is 4.90 Å². The van der Waals surface area contributed by atoms with Crippen LogP contribution in [0.3, 0.4) is 0 Å². The molecule has 1 aromatic rings. The lowest BCUT2D eigenvalue weighted by Gasteiger charge is -2.37. The number of allylic oxidation sites excluding steroid dienone is 3. The Morgan fingerprint density at radius 3 is 2.34 bits per heavy atom. The molecule has 156 valence electrons. The van der Waals surface area contributed by atoms with Crippen molar-refractivity contribution in [2.75, 3.05) is 19.9 Å². The minimum Gasteiger partial charge on any atom is -0.463 e. The summed E-state index contributed by atoms with van der Waals surface area (Å²) >= 11 is 0. The summed E-state index contributed by atoms with van der Waals surface area (Å²) in [5.41, 5.74) is 2.29. The highest BCUT2D eigenvalue weighted by Gasteiger charge is 2.39. The van der Waals surface area contributed by atoms with E-state index in [9.17, 15) is 19.7 Å². The Hall–Kier alpha value is -3.00. The number of ketones is 1. The summed E-state index contributed by atoms with van der Waals surface area (Å²) in [5, 5.41) is 11.3. The van der Waals surface area contributed by atoms with Gasteiger partial charge in [-0.15, -0.1) is 0 Å². The Labute approximate surface area is 169 Å². The van der Waals surface area contributed by atoms with E-state index in [4.69, 9.17) is 9.47 Å². The molecule has 0 fully saturated rings. The molecule has 0 amide bonds. The lowest BCUT2D eigenvalue weighted by Crippen LogP contribution is -2.35. The summed E-state index contributed by atoms with van der Waals surface area (Å²) in [5.74, 6) is -1.55. The van der Waals surface area contributed by atoms with Gasteiger partial charge < -0.3 is 14.4 Å². The number of rotatable bonds is 8. The summed E-state index contributed by atoms with van der Waals surface area (Å²) in [7, 11) is 0. The Bertz CT molecular complexity index is 887. The molecule has 1 atom stereocenters. The summed E-state index contributed by atoms with van der Waals surface area (Å²) in [6, 6.07) is 5.99. The first-order chi connectivity index (χ1) is 13.7. The number of nitro groups is 1. The standard InChI is InChI=1S/C21H26N2O6/c1-6-28-12-22-13(3)18(15(5)24)20(19(14(22)4)21(25)29-7-2)16-9-8-10-17(11-16)23(26)27/h8-11,20H,6-7,12H2,1-5H3. The minimum absolute atomic E-state index is 0.110. The predicted molar refractivity (Wildman–Crippen MR) is 107 cm³/mol. The van der Waals surface area contributed by atoms with Gasteiger partial charge in [-0.25, -0.2) is 4.79 Å². The van der Waals surface area contributed by atoms with Crippen molar-refractivity contribution < 1.29 is 24.0 Å². The van der Waals surface area contributed by atoms with E-state index >= 15 is 0 Å². The van der Waals surface area contributed by atoms with E-state index in [1.807, 2.05) is 6.92 Å². The van der Waals surface area contributed by atoms with Crippen molar-refractivity contribution in [2.45, 2.75) is 40.5 Å². The zero-order valence-electron chi connectivity index (χ0n) is 17.4. The number of non-ortho nitro benzene ring substituents is 1. The molecule has 1 aliphatic rings. The van der Waals surface area contributed by atoms with Gasteiger partial charge >= 0.3 is 5.97 Å². The molecule has 0 aliphatic carbocycles. The predicted octanol–water partition coefficient (Wildman–Crippen LogP) is 3.69. The molecule has 0 spiro atoms. The van der Waals surface area contributed by atoms with Crippen LogP contribution in [0.4, 0.5) is 5.69 Å². The number of carbonyl (C=O) groups is 2. The first-order valence-electron chi connectivity index (χ1n) is 9.43. The molecule has 8 heteroatoms. The van der Waals surface area contributed by atoms with E-state index in [1.165, 1.54) is 19.1 Å². The average molecular weight is 402 g/mol. The number of esters is 1. The molecule has 0 saturated heterocycles. The minimum atomic E-state index is -0.760. The molecule has 29 heavy (non-hydrogen) atoms. The SMILES string of the molecule is CCOCN1C(C)=C(C(C)=O)C(c2cccc([N+](=O)[O-])c2)C(C(=O)OCC)=C1C. The van der Waals surface area contributed by atoms with Crippen molar-refractivity contribution in [3.8, 4) is 0 Å². The third kappa shape index (κ3) is 4.54. The van der Waals surface area contributed by atoms with Crippen LogP contribution >= 0.6 is 0 Å². The highest BCUT2D eigenvalue weighted by Crippen LogP contribution is 2.43. The van der Waals surface area contributed by atoms with Gasteiger partial charge in [0.15, 0.2) is 5.78 Å². The van der Waals surface area contributed by atoms with Crippen LogP contribution < -0.4 is 0 Å². The normalized spacial score (nSPS) is 16.9. The molecule has 0 bridgehead atoms. The molecule has 2 rings (SSSR count). The van der Waals surface area contributed by atoms with Gasteiger partial charge in [0.2, 0.25) is 0 Å². The van der Waals surface area contributed by atoms with Crippen LogP contribution in [0.25, 0.3) is 0 Å². The van der Waals surface area contributed by atoms with Crippen LogP contribution in [0, 0.1) is 10.1 Å². The molecule has 0 aromatic heterocycles. The molecule has 8 nitrogen and oxygen atoms in total. The number of carbonyl (C=O) groups excluding carboxylic acids is 2. The second kappa shape index (κ2) is 9.47. The number of benzene rings is 1. The maximum absolute atomic E-state index is 12.9. The molecular formula is C21H26N2O6. The van der Waals surface area contributed by atoms with E-state index in [2.05, 4.69) is 0 Å². The number of Topliss-reactive ketones (excluding diaryl/α,β-unsaturated/α-hetero) is 1. The number of hydrogen-bond acceptors (Lipinski definition) is 7. The number of nitro benzene ring substituents is 1. The maximum Gasteiger partial charge on any atom is 0.336 e. The number of ether oxygens (including phenoxy) is 2. The molecule has 1 aromatic carbocycles. The molecule has 0 saturated carbocycles. The van der Waals surface area contributed by atoms with Crippen LogP contribution in [0.5, 0.6) is 0 Å². The molecule has 1 aliphatic heterocycles. The van der Waals surface area contributed by atoms with Crippen molar-refractivity contribution in [1.29, 1.82) is 0 Å². The van der Waals surface area contributed by atoms with E-state index in [0.717, 1.165) is 0 Å². The van der Waals surface area contributed by atoms with Crippen LogP contribution in [0.1, 0.15) is 46.1 Å². The molecular weight excluding hydrogens is 376 g/mol. The summed E-state index contributed by atoms with van der Waals surface area (Å²) in [6.45, 7) is 9.33. The van der Waals surface area contributed by atoms with Crippen LogP contribution in [-0.4, -0.2) is 41.5 Å². The van der Waals surface area contributed by atoms with Crippen molar-refractivity contribution in [2.24, 2.45) is 0 Å². The molecule has 0 radical (unpaired) electrons. The highest BCUT2D eigenvalue weighted by atomic mass is 16.6. The Morgan fingerprint density at radius 2 is 1.79 bits per heavy atom. The van der Waals surface area contributed by atoms with E-state index in [-0.39, 0.29) is 30.4 Å². The summed E-state index contributed by atoms with van der Waals surface area (Å²) < 4.78 is 10.8. The fourth-order valence-corrected chi connectivity index (χ4v) is 3.56. The molecule has 1 unspecified atom stereocenters. The number of nitrogens with zero attached hydrogens (tertiary/aromatic N) is 2. The Balaban J connectivity index is 2.75. The third-order valence-electron chi connectivity index (χ3n) is 4.88. The largest absolute Gasteiger partial charge is 0.463 e. The van der Waals surface area contributed by atoms with Crippen molar-refractivity contribution in [3.05, 3.63) is 62.5 Å². The van der Waals surface area contributed by atoms with Gasteiger partial charge in [0.1, 0.15) is 6.73 Å². The zero-order chi connectivity index (χ0) is 21.7. The Morgan fingerprint density at radius 1 is 1.14 bits per heavy atom. The van der Waals surface area contributed by atoms with E-state index in [1.54, 1.807) is 37.8 Å². The first kappa shape index (κ1) is 22.3. The lowest BCUT2D eigenvalue weighted by atomic mass is 9.78. The lowest BCUT2D eigenvalue weighted by molar-refractivity contribution is -0.384. The zero-order valence-corrected chi connectivity index (χ0v) is 17.4. The van der Waals surface area contributed by atoms with Gasteiger partial charge in [-0.2, -0.15) is 0 Å². The monoisotopic (exact) mass is 402 g/mol. The average Bonchev–Trinajstić information content (AvgIpc) is 2.67. The third-order valence-corrected chi connectivity index (χ3v) is 4.88. The first-order valence-corrected chi connectivity index (χ1v) is 9.43. The van der Waals surface area contributed by atoms with Crippen LogP contribution in [-0.2, 0) is 19.1 Å². The molecule has 1 heterocycles. The van der Waals surface area contributed by atoms with Crippen LogP contribution in [0.2, 0.25) is 0 Å². The second-order valence-electron chi connectivity index (χ2n) is 6.61. The van der Waals surface area contributed by atoms with Crippen molar-refractivity contribution in [3.63, 3.8) is 0 Å². The second-order valence-corrected chi connectivity index (χ2v) is 6.61. The van der Waals surface area contributed by atoms with Gasteiger partial charge in [-0.1, -0.05) is 12.1 Å². The maximum atomic E-state index is 12.9. The van der Waals surface area contributed by atoms with Gasteiger partial charge in [0.25, 0.3) is 5.69 Å². The van der Waals surface area contributed by atoms with Crippen molar-refractivity contribution >= 4 is 17.4 Å². The fourth-order valence-electron chi connectivity index (χ4n) is 3.56. The van der Waals surface area contributed by atoms with Crippen LogP contribution in [0.15, 0.2) is 46.8 Å². The van der Waals surface area contributed by atoms with Gasteiger partial charge in [0, 0.05) is 41.6 Å². The van der Waals surface area contributed by atoms with E-state index in [0.29, 0.717) is 29.1 Å². The topological polar surface area (TPSA) is 99.0 Å². The van der Waals surface area contributed by atoms with Gasteiger partial charge in [0.05, 0.1) is 17.1 Å². The van der Waals surface area contributed by atoms with E-state index < -0.39 is 16.8 Å². The smallest absolute Gasteiger partial charge is 0.336 e. The van der Waals surface area contributed by atoms with Gasteiger partial charge in [-0.05, 0) is 40.2 Å². The summed E-state index contributed by atoms with van der Waals surface area (Å²) in [4.78, 5) is 38.0.